The molecule has 2 rings (SSSR count). The van der Waals surface area contributed by atoms with Crippen LogP contribution in [0.5, 0.6) is 0 Å². The van der Waals surface area contributed by atoms with Crippen LogP contribution in [0.2, 0.25) is 0 Å². The number of halogens is 3. The Kier molecular flexibility index (Phi) is 5.05. The van der Waals surface area contributed by atoms with Crippen LogP contribution < -0.4 is 10.6 Å². The van der Waals surface area contributed by atoms with E-state index in [2.05, 4.69) is 5.32 Å². The Hall–Kier alpha value is -1.87. The van der Waals surface area contributed by atoms with E-state index in [4.69, 9.17) is 17.0 Å². The van der Waals surface area contributed by atoms with Gasteiger partial charge < -0.3 is 20.5 Å². The minimum absolute atomic E-state index is 0.117. The summed E-state index contributed by atoms with van der Waals surface area (Å²) in [4.78, 5) is 12.2. The highest BCUT2D eigenvalue weighted by Gasteiger charge is 2.66. The van der Waals surface area contributed by atoms with E-state index in [-0.39, 0.29) is 6.61 Å². The van der Waals surface area contributed by atoms with Crippen molar-refractivity contribution in [2.75, 3.05) is 6.61 Å². The van der Waals surface area contributed by atoms with E-state index in [0.29, 0.717) is 5.56 Å². The predicted molar refractivity (Wildman–Crippen MR) is 83.9 cm³/mol. The van der Waals surface area contributed by atoms with Crippen LogP contribution in [0, 0.1) is 12.8 Å². The molecule has 0 radical (unpaired) electrons. The van der Waals surface area contributed by atoms with Crippen molar-refractivity contribution in [1.29, 1.82) is 0 Å². The number of hydrogen-bond acceptors (Lipinski definition) is 4. The highest BCUT2D eigenvalue weighted by molar-refractivity contribution is 7.80. The van der Waals surface area contributed by atoms with Crippen LogP contribution in [-0.4, -0.2) is 34.7 Å². The Morgan fingerprint density at radius 3 is 2.46 bits per heavy atom. The molecule has 5 nitrogen and oxygen atoms in total. The van der Waals surface area contributed by atoms with Crippen molar-refractivity contribution in [3.8, 4) is 0 Å². The van der Waals surface area contributed by atoms with Gasteiger partial charge in [0.2, 0.25) is 0 Å². The monoisotopic (exact) mass is 362 g/mol. The minimum atomic E-state index is -5.14. The number of nitrogens with one attached hydrogen (secondary N) is 2. The first-order valence-electron chi connectivity index (χ1n) is 7.21. The summed E-state index contributed by atoms with van der Waals surface area (Å²) in [6.45, 7) is 3.17. The minimum Gasteiger partial charge on any atom is -0.466 e. The smallest absolute Gasteiger partial charge is 0.437 e. The van der Waals surface area contributed by atoms with Gasteiger partial charge >= 0.3 is 12.1 Å². The number of aryl methyl sites for hydroxylation is 1. The van der Waals surface area contributed by atoms with E-state index in [0.717, 1.165) is 5.56 Å². The molecular formula is C15H17F3N2O3S. The highest BCUT2D eigenvalue weighted by atomic mass is 32.1. The molecule has 1 saturated heterocycles. The Balaban J connectivity index is 2.55. The SMILES string of the molecule is CCOC(=O)[C@@H]1[C@@H](c2ccc(C)cc2)NC(=S)N[C@]1(O)C(F)(F)F. The normalized spacial score (nSPS) is 27.2. The molecule has 132 valence electrons. The van der Waals surface area contributed by atoms with Gasteiger partial charge in [-0.15, -0.1) is 0 Å². The number of carbonyl (C=O) groups excluding carboxylic acids is 1. The maximum atomic E-state index is 13.5. The second-order valence-corrected chi connectivity index (χ2v) is 5.89. The highest BCUT2D eigenvalue weighted by Crippen LogP contribution is 2.43. The summed E-state index contributed by atoms with van der Waals surface area (Å²) in [6.07, 6.45) is -5.14. The van der Waals surface area contributed by atoms with Crippen LogP contribution >= 0.6 is 12.2 Å². The van der Waals surface area contributed by atoms with Crippen molar-refractivity contribution in [2.24, 2.45) is 5.92 Å². The Morgan fingerprint density at radius 2 is 1.96 bits per heavy atom. The lowest BCUT2D eigenvalue weighted by Crippen LogP contribution is -2.73. The third-order valence-electron chi connectivity index (χ3n) is 3.78. The number of thiocarbonyl (C=S) groups is 1. The lowest BCUT2D eigenvalue weighted by molar-refractivity contribution is -0.292. The molecule has 1 fully saturated rings. The van der Waals surface area contributed by atoms with E-state index in [1.807, 2.05) is 6.92 Å². The molecule has 0 amide bonds. The number of alkyl halides is 3. The fraction of sp³-hybridized carbons (Fsp3) is 0.467. The largest absolute Gasteiger partial charge is 0.466 e. The van der Waals surface area contributed by atoms with E-state index >= 15 is 0 Å². The second kappa shape index (κ2) is 6.56. The molecule has 1 aromatic rings. The molecule has 0 spiro atoms. The first-order valence-corrected chi connectivity index (χ1v) is 7.62. The van der Waals surface area contributed by atoms with Gasteiger partial charge in [0.15, 0.2) is 5.11 Å². The molecule has 3 N–H and O–H groups in total. The van der Waals surface area contributed by atoms with E-state index < -0.39 is 34.9 Å². The summed E-state index contributed by atoms with van der Waals surface area (Å²) in [5.74, 6) is -3.14. The van der Waals surface area contributed by atoms with Crippen molar-refractivity contribution in [3.05, 3.63) is 35.4 Å². The number of esters is 1. The summed E-state index contributed by atoms with van der Waals surface area (Å²) >= 11 is 4.80. The van der Waals surface area contributed by atoms with Gasteiger partial charge in [-0.25, -0.2) is 0 Å². The molecule has 1 aromatic carbocycles. The third kappa shape index (κ3) is 3.32. The molecule has 1 aliphatic heterocycles. The summed E-state index contributed by atoms with van der Waals surface area (Å²) in [7, 11) is 0. The topological polar surface area (TPSA) is 70.6 Å². The zero-order valence-electron chi connectivity index (χ0n) is 13.0. The van der Waals surface area contributed by atoms with Crippen molar-refractivity contribution < 1.29 is 27.8 Å². The van der Waals surface area contributed by atoms with Gasteiger partial charge in [0.05, 0.1) is 12.6 Å². The Labute approximate surface area is 142 Å². The summed E-state index contributed by atoms with van der Waals surface area (Å²) in [5.41, 5.74) is -2.25. The molecule has 0 unspecified atom stereocenters. The number of ether oxygens (including phenoxy) is 1. The average Bonchev–Trinajstić information content (AvgIpc) is 2.46. The maximum absolute atomic E-state index is 13.5. The fourth-order valence-electron chi connectivity index (χ4n) is 2.59. The van der Waals surface area contributed by atoms with Crippen LogP contribution in [0.1, 0.15) is 24.1 Å². The molecule has 0 aromatic heterocycles. The Morgan fingerprint density at radius 1 is 1.38 bits per heavy atom. The third-order valence-corrected chi connectivity index (χ3v) is 4.00. The molecule has 0 aliphatic carbocycles. The number of benzene rings is 1. The van der Waals surface area contributed by atoms with Crippen LogP contribution in [-0.2, 0) is 9.53 Å². The van der Waals surface area contributed by atoms with Gasteiger partial charge in [0.25, 0.3) is 5.72 Å². The van der Waals surface area contributed by atoms with Gasteiger partial charge in [-0.2, -0.15) is 13.2 Å². The van der Waals surface area contributed by atoms with E-state index in [1.54, 1.807) is 29.6 Å². The van der Waals surface area contributed by atoms with Crippen LogP contribution in [0.3, 0.4) is 0 Å². The maximum Gasteiger partial charge on any atom is 0.437 e. The van der Waals surface area contributed by atoms with Gasteiger partial charge in [-0.1, -0.05) is 29.8 Å². The summed E-state index contributed by atoms with van der Waals surface area (Å²) in [5, 5.41) is 14.3. The molecule has 0 bridgehead atoms. The zero-order valence-corrected chi connectivity index (χ0v) is 13.8. The number of aliphatic hydroxyl groups is 1. The molecule has 3 atom stereocenters. The average molecular weight is 362 g/mol. The Bertz CT molecular complexity index is 636. The van der Waals surface area contributed by atoms with Gasteiger partial charge in [0, 0.05) is 0 Å². The van der Waals surface area contributed by atoms with Gasteiger partial charge in [0.1, 0.15) is 5.92 Å². The van der Waals surface area contributed by atoms with Crippen LogP contribution in [0.25, 0.3) is 0 Å². The lowest BCUT2D eigenvalue weighted by Gasteiger charge is -2.45. The van der Waals surface area contributed by atoms with Crippen molar-refractivity contribution in [3.63, 3.8) is 0 Å². The van der Waals surface area contributed by atoms with Crippen molar-refractivity contribution >= 4 is 23.3 Å². The summed E-state index contributed by atoms with van der Waals surface area (Å²) < 4.78 is 45.2. The fourth-order valence-corrected chi connectivity index (χ4v) is 2.87. The molecule has 1 aliphatic rings. The van der Waals surface area contributed by atoms with Crippen LogP contribution in [0.4, 0.5) is 13.2 Å². The van der Waals surface area contributed by atoms with E-state index in [1.165, 1.54) is 6.92 Å². The molecular weight excluding hydrogens is 345 g/mol. The zero-order chi connectivity index (χ0) is 18.1. The first-order chi connectivity index (χ1) is 11.1. The molecule has 1 heterocycles. The molecule has 24 heavy (non-hydrogen) atoms. The van der Waals surface area contributed by atoms with E-state index in [9.17, 15) is 23.1 Å². The molecule has 0 saturated carbocycles. The quantitative estimate of drug-likeness (QED) is 0.564. The number of hydrogen-bond donors (Lipinski definition) is 3. The van der Waals surface area contributed by atoms with Gasteiger partial charge in [-0.05, 0) is 31.6 Å². The predicted octanol–water partition coefficient (Wildman–Crippen LogP) is 1.94. The standard InChI is InChI=1S/C15H17F3N2O3S/c1-3-23-12(21)10-11(9-6-4-8(2)5-7-9)19-13(24)20-14(10,22)15(16,17)18/h4-7,10-11,22H,3H2,1-2H3,(H2,19,20,24)/t10-,11+,14+/m0/s1. The van der Waals surface area contributed by atoms with Gasteiger partial charge in [-0.3, -0.25) is 4.79 Å². The molecule has 9 heteroatoms. The van der Waals surface area contributed by atoms with Crippen molar-refractivity contribution in [1.82, 2.24) is 10.6 Å². The summed E-state index contributed by atoms with van der Waals surface area (Å²) in [6, 6.07) is 5.34. The number of rotatable bonds is 3. The lowest BCUT2D eigenvalue weighted by atomic mass is 9.82. The van der Waals surface area contributed by atoms with Crippen molar-refractivity contribution in [2.45, 2.75) is 31.8 Å². The first kappa shape index (κ1) is 18.5. The van der Waals surface area contributed by atoms with Crippen LogP contribution in [0.15, 0.2) is 24.3 Å². The number of carbonyl (C=O) groups is 1. The second-order valence-electron chi connectivity index (χ2n) is 5.48.